The number of alkyl halides is 2. The molecule has 132 valence electrons. The third-order valence-corrected chi connectivity index (χ3v) is 4.86. The van der Waals surface area contributed by atoms with Gasteiger partial charge in [-0.05, 0) is 54.8 Å². The topological polar surface area (TPSA) is 32.3 Å². The van der Waals surface area contributed by atoms with Gasteiger partial charge >= 0.3 is 0 Å². The van der Waals surface area contributed by atoms with Gasteiger partial charge in [-0.15, -0.1) is 0 Å². The lowest BCUT2D eigenvalue weighted by molar-refractivity contribution is -0.115. The third kappa shape index (κ3) is 5.19. The van der Waals surface area contributed by atoms with Gasteiger partial charge in [0, 0.05) is 29.4 Å². The molecule has 0 aliphatic carbocycles. The second-order valence-corrected chi connectivity index (χ2v) is 7.05. The van der Waals surface area contributed by atoms with Crippen LogP contribution in [0.25, 0.3) is 0 Å². The van der Waals surface area contributed by atoms with Crippen LogP contribution in [0.3, 0.4) is 0 Å². The molecule has 1 N–H and O–H groups in total. The van der Waals surface area contributed by atoms with Crippen molar-refractivity contribution in [3.63, 3.8) is 0 Å². The van der Waals surface area contributed by atoms with Crippen LogP contribution in [-0.4, -0.2) is 24.8 Å². The molecule has 1 aliphatic heterocycles. The lowest BCUT2D eigenvalue weighted by Gasteiger charge is -2.17. The summed E-state index contributed by atoms with van der Waals surface area (Å²) in [7, 11) is 0. The Bertz CT molecular complexity index is 698. The van der Waals surface area contributed by atoms with E-state index in [0.717, 1.165) is 18.7 Å². The second kappa shape index (κ2) is 8.34. The van der Waals surface area contributed by atoms with Crippen LogP contribution in [-0.2, 0) is 11.2 Å². The van der Waals surface area contributed by atoms with Crippen molar-refractivity contribution in [3.05, 3.63) is 54.1 Å². The average Bonchev–Trinajstić information content (AvgIpc) is 3.11. The van der Waals surface area contributed by atoms with Gasteiger partial charge in [-0.1, -0.05) is 23.9 Å². The first-order chi connectivity index (χ1) is 12.1. The number of anilines is 2. The van der Waals surface area contributed by atoms with Crippen LogP contribution in [0, 0.1) is 0 Å². The molecule has 1 fully saturated rings. The van der Waals surface area contributed by atoms with E-state index >= 15 is 0 Å². The summed E-state index contributed by atoms with van der Waals surface area (Å²) in [6.45, 7) is 2.19. The molecule has 3 rings (SSSR count). The highest BCUT2D eigenvalue weighted by molar-refractivity contribution is 7.99. The molecule has 1 saturated heterocycles. The van der Waals surface area contributed by atoms with Crippen molar-refractivity contribution in [2.45, 2.75) is 29.9 Å². The van der Waals surface area contributed by atoms with Crippen LogP contribution >= 0.6 is 11.8 Å². The van der Waals surface area contributed by atoms with Crippen LogP contribution in [0.15, 0.2) is 53.4 Å². The zero-order valence-corrected chi connectivity index (χ0v) is 14.6. The average molecular weight is 362 g/mol. The van der Waals surface area contributed by atoms with E-state index in [1.54, 1.807) is 24.3 Å². The van der Waals surface area contributed by atoms with Crippen molar-refractivity contribution >= 4 is 29.0 Å². The number of halogens is 2. The van der Waals surface area contributed by atoms with E-state index in [9.17, 15) is 13.6 Å². The van der Waals surface area contributed by atoms with Crippen molar-refractivity contribution in [1.82, 2.24) is 0 Å². The van der Waals surface area contributed by atoms with Crippen LogP contribution in [0.1, 0.15) is 18.4 Å². The fourth-order valence-electron chi connectivity index (χ4n) is 2.91. The molecule has 0 radical (unpaired) electrons. The predicted octanol–water partition coefficient (Wildman–Crippen LogP) is 4.78. The quantitative estimate of drug-likeness (QED) is 0.751. The molecular weight excluding hydrogens is 342 g/mol. The Kier molecular flexibility index (Phi) is 5.91. The highest BCUT2D eigenvalue weighted by Crippen LogP contribution is 2.26. The summed E-state index contributed by atoms with van der Waals surface area (Å²) >= 11 is 0.490. The molecule has 1 amide bonds. The smallest absolute Gasteiger partial charge is 0.288 e. The fraction of sp³-hybridized carbons (Fsp3) is 0.316. The summed E-state index contributed by atoms with van der Waals surface area (Å²) in [5, 5.41) is 2.79. The highest BCUT2D eigenvalue weighted by Gasteiger charge is 2.12. The normalized spacial score (nSPS) is 14.1. The Labute approximate surface area is 150 Å². The van der Waals surface area contributed by atoms with E-state index in [1.165, 1.54) is 18.5 Å². The first kappa shape index (κ1) is 17.7. The molecule has 0 saturated carbocycles. The number of benzene rings is 2. The van der Waals surface area contributed by atoms with Gasteiger partial charge in [0.1, 0.15) is 0 Å². The fourth-order valence-corrected chi connectivity index (χ4v) is 3.41. The molecule has 2 aromatic rings. The number of rotatable bonds is 6. The van der Waals surface area contributed by atoms with Gasteiger partial charge in [-0.2, -0.15) is 8.78 Å². The van der Waals surface area contributed by atoms with Crippen molar-refractivity contribution in [3.8, 4) is 0 Å². The molecule has 0 aromatic heterocycles. The number of hydrogen-bond acceptors (Lipinski definition) is 3. The summed E-state index contributed by atoms with van der Waals surface area (Å²) in [4.78, 5) is 15.0. The first-order valence-electron chi connectivity index (χ1n) is 8.29. The molecule has 1 heterocycles. The SMILES string of the molecule is O=C(Cc1ccc(N2CCCC2)cc1)Nc1ccc(SC(F)F)cc1. The lowest BCUT2D eigenvalue weighted by atomic mass is 10.1. The third-order valence-electron chi connectivity index (χ3n) is 4.14. The maximum absolute atomic E-state index is 12.3. The molecule has 25 heavy (non-hydrogen) atoms. The van der Waals surface area contributed by atoms with E-state index in [-0.39, 0.29) is 12.3 Å². The van der Waals surface area contributed by atoms with Gasteiger partial charge < -0.3 is 10.2 Å². The van der Waals surface area contributed by atoms with Crippen molar-refractivity contribution in [2.24, 2.45) is 0 Å². The monoisotopic (exact) mass is 362 g/mol. The van der Waals surface area contributed by atoms with Gasteiger partial charge in [0.15, 0.2) is 0 Å². The summed E-state index contributed by atoms with van der Waals surface area (Å²) < 4.78 is 24.6. The van der Waals surface area contributed by atoms with Crippen LogP contribution in [0.5, 0.6) is 0 Å². The van der Waals surface area contributed by atoms with E-state index in [1.807, 2.05) is 12.1 Å². The second-order valence-electron chi connectivity index (χ2n) is 5.99. The largest absolute Gasteiger partial charge is 0.372 e. The minimum absolute atomic E-state index is 0.122. The van der Waals surface area contributed by atoms with E-state index in [0.29, 0.717) is 22.3 Å². The van der Waals surface area contributed by atoms with Gasteiger partial charge in [0.05, 0.1) is 6.42 Å². The van der Waals surface area contributed by atoms with Crippen molar-refractivity contribution in [1.29, 1.82) is 0 Å². The van der Waals surface area contributed by atoms with Gasteiger partial charge in [-0.25, -0.2) is 0 Å². The summed E-state index contributed by atoms with van der Waals surface area (Å²) in [5.41, 5.74) is 2.76. The zero-order valence-electron chi connectivity index (χ0n) is 13.8. The number of amides is 1. The molecule has 0 unspecified atom stereocenters. The zero-order chi connectivity index (χ0) is 17.6. The Morgan fingerprint density at radius 3 is 2.28 bits per heavy atom. The van der Waals surface area contributed by atoms with Gasteiger partial charge in [-0.3, -0.25) is 4.79 Å². The Hall–Kier alpha value is -2.08. The molecule has 3 nitrogen and oxygen atoms in total. The van der Waals surface area contributed by atoms with Crippen molar-refractivity contribution < 1.29 is 13.6 Å². The molecule has 0 bridgehead atoms. The molecule has 1 aliphatic rings. The predicted molar refractivity (Wildman–Crippen MR) is 98.5 cm³/mol. The summed E-state index contributed by atoms with van der Waals surface area (Å²) in [5.74, 6) is -2.56. The highest BCUT2D eigenvalue weighted by atomic mass is 32.2. The maximum atomic E-state index is 12.3. The Balaban J connectivity index is 1.53. The number of thioether (sulfide) groups is 1. The van der Waals surface area contributed by atoms with Crippen molar-refractivity contribution in [2.75, 3.05) is 23.3 Å². The molecule has 0 atom stereocenters. The van der Waals surface area contributed by atoms with E-state index < -0.39 is 5.76 Å². The minimum Gasteiger partial charge on any atom is -0.372 e. The van der Waals surface area contributed by atoms with Gasteiger partial charge in [0.2, 0.25) is 5.91 Å². The molecular formula is C19H20F2N2OS. The number of hydrogen-bond donors (Lipinski definition) is 1. The van der Waals surface area contributed by atoms with Crippen LogP contribution in [0.2, 0.25) is 0 Å². The maximum Gasteiger partial charge on any atom is 0.288 e. The van der Waals surface area contributed by atoms with Gasteiger partial charge in [0.25, 0.3) is 5.76 Å². The minimum atomic E-state index is -2.44. The number of nitrogens with zero attached hydrogens (tertiary/aromatic N) is 1. The number of nitrogens with one attached hydrogen (secondary N) is 1. The molecule has 0 spiro atoms. The standard InChI is InChI=1S/C19H20F2N2OS/c20-19(21)25-17-9-5-15(6-10-17)22-18(24)13-14-3-7-16(8-4-14)23-11-1-2-12-23/h3-10,19H,1-2,11-13H2,(H,22,24). The lowest BCUT2D eigenvalue weighted by Crippen LogP contribution is -2.17. The summed E-state index contributed by atoms with van der Waals surface area (Å²) in [6, 6.07) is 14.5. The molecule has 6 heteroatoms. The van der Waals surface area contributed by atoms with Crippen LogP contribution in [0.4, 0.5) is 20.2 Å². The Morgan fingerprint density at radius 1 is 1.04 bits per heavy atom. The van der Waals surface area contributed by atoms with Crippen LogP contribution < -0.4 is 10.2 Å². The van der Waals surface area contributed by atoms with E-state index in [2.05, 4.69) is 22.3 Å². The van der Waals surface area contributed by atoms with E-state index in [4.69, 9.17) is 0 Å². The Morgan fingerprint density at radius 2 is 1.68 bits per heavy atom. The number of carbonyl (C=O) groups excluding carboxylic acids is 1. The molecule has 2 aromatic carbocycles. The first-order valence-corrected chi connectivity index (χ1v) is 9.17. The summed E-state index contributed by atoms with van der Waals surface area (Å²) in [6.07, 6.45) is 2.76. The number of carbonyl (C=O) groups is 1.